The molecule has 0 aliphatic carbocycles. The van der Waals surface area contributed by atoms with Crippen molar-refractivity contribution in [3.63, 3.8) is 0 Å². The van der Waals surface area contributed by atoms with E-state index in [1.54, 1.807) is 16.9 Å². The molecule has 5 heteroatoms. The molecule has 0 unspecified atom stereocenters. The van der Waals surface area contributed by atoms with Gasteiger partial charge in [-0.3, -0.25) is 9.48 Å². The van der Waals surface area contributed by atoms with Gasteiger partial charge in [0.1, 0.15) is 5.82 Å². The van der Waals surface area contributed by atoms with Crippen molar-refractivity contribution in [2.24, 2.45) is 7.05 Å². The Hall–Kier alpha value is -2.17. The van der Waals surface area contributed by atoms with E-state index in [2.05, 4.69) is 10.1 Å². The van der Waals surface area contributed by atoms with E-state index < -0.39 is 0 Å². The van der Waals surface area contributed by atoms with Crippen LogP contribution in [0.2, 0.25) is 0 Å². The van der Waals surface area contributed by atoms with Gasteiger partial charge in [-0.1, -0.05) is 0 Å². The molecule has 5 nitrogen and oxygen atoms in total. The van der Waals surface area contributed by atoms with Gasteiger partial charge in [0.2, 0.25) is 0 Å². The van der Waals surface area contributed by atoms with Gasteiger partial charge in [0.25, 0.3) is 0 Å². The average molecular weight is 230 g/mol. The summed E-state index contributed by atoms with van der Waals surface area (Å²) in [5.74, 6) is 0.833. The van der Waals surface area contributed by atoms with Gasteiger partial charge >= 0.3 is 0 Å². The summed E-state index contributed by atoms with van der Waals surface area (Å²) in [6.45, 7) is 0.737. The Bertz CT molecular complexity index is 503. The van der Waals surface area contributed by atoms with Crippen LogP contribution in [0.5, 0.6) is 0 Å². The zero-order valence-electron chi connectivity index (χ0n) is 9.87. The summed E-state index contributed by atoms with van der Waals surface area (Å²) in [4.78, 5) is 16.7. The van der Waals surface area contributed by atoms with Crippen molar-refractivity contribution in [3.05, 3.63) is 41.9 Å². The number of hydrogen-bond donors (Lipinski definition) is 0. The molecule has 0 bridgehead atoms. The van der Waals surface area contributed by atoms with Crippen molar-refractivity contribution in [1.82, 2.24) is 14.8 Å². The first-order valence-electron chi connectivity index (χ1n) is 5.29. The largest absolute Gasteiger partial charge is 0.355 e. The summed E-state index contributed by atoms with van der Waals surface area (Å²) < 4.78 is 1.77. The third-order valence-corrected chi connectivity index (χ3v) is 2.48. The molecule has 0 fully saturated rings. The Morgan fingerprint density at radius 2 is 2.24 bits per heavy atom. The zero-order chi connectivity index (χ0) is 12.3. The second kappa shape index (κ2) is 4.78. The Morgan fingerprint density at radius 1 is 1.41 bits per heavy atom. The van der Waals surface area contributed by atoms with E-state index in [1.165, 1.54) is 0 Å². The molecule has 2 aromatic heterocycles. The summed E-state index contributed by atoms with van der Waals surface area (Å²) in [5, 5.41) is 4.11. The predicted octanol–water partition coefficient (Wildman–Crippen LogP) is 1.26. The first-order chi connectivity index (χ1) is 8.19. The van der Waals surface area contributed by atoms with Crippen LogP contribution in [0.3, 0.4) is 0 Å². The van der Waals surface area contributed by atoms with E-state index in [0.717, 1.165) is 24.2 Å². The van der Waals surface area contributed by atoms with Gasteiger partial charge in [-0.15, -0.1) is 0 Å². The van der Waals surface area contributed by atoms with E-state index in [-0.39, 0.29) is 0 Å². The lowest BCUT2D eigenvalue weighted by Gasteiger charge is -2.16. The standard InChI is InChI=1S/C12H14N4O/c1-15(7-11-6-14-16(2)8-11)12-4-3-10(9-17)5-13-12/h3-6,8-9H,7H2,1-2H3. The highest BCUT2D eigenvalue weighted by Gasteiger charge is 2.04. The summed E-state index contributed by atoms with van der Waals surface area (Å²) in [7, 11) is 3.84. The molecule has 17 heavy (non-hydrogen) atoms. The summed E-state index contributed by atoms with van der Waals surface area (Å²) in [6, 6.07) is 3.59. The van der Waals surface area contributed by atoms with Crippen LogP contribution in [0.15, 0.2) is 30.7 Å². The van der Waals surface area contributed by atoms with E-state index in [9.17, 15) is 4.79 Å². The van der Waals surface area contributed by atoms with E-state index in [4.69, 9.17) is 0 Å². The molecule has 0 aromatic carbocycles. The first-order valence-corrected chi connectivity index (χ1v) is 5.29. The minimum Gasteiger partial charge on any atom is -0.355 e. The molecular formula is C12H14N4O. The maximum atomic E-state index is 10.5. The lowest BCUT2D eigenvalue weighted by Crippen LogP contribution is -2.17. The smallest absolute Gasteiger partial charge is 0.151 e. The fourth-order valence-electron chi connectivity index (χ4n) is 1.60. The molecule has 0 atom stereocenters. The van der Waals surface area contributed by atoms with Crippen molar-refractivity contribution in [1.29, 1.82) is 0 Å². The van der Waals surface area contributed by atoms with Crippen LogP contribution in [-0.4, -0.2) is 28.1 Å². The van der Waals surface area contributed by atoms with Gasteiger partial charge in [-0.05, 0) is 12.1 Å². The van der Waals surface area contributed by atoms with Crippen molar-refractivity contribution in [3.8, 4) is 0 Å². The van der Waals surface area contributed by atoms with Crippen molar-refractivity contribution < 1.29 is 4.79 Å². The van der Waals surface area contributed by atoms with Crippen LogP contribution in [-0.2, 0) is 13.6 Å². The van der Waals surface area contributed by atoms with Crippen LogP contribution < -0.4 is 4.90 Å². The molecule has 0 aliphatic rings. The molecule has 0 aliphatic heterocycles. The summed E-state index contributed by atoms with van der Waals surface area (Å²) in [6.07, 6.45) is 6.16. The number of nitrogens with zero attached hydrogens (tertiary/aromatic N) is 4. The average Bonchev–Trinajstić information content (AvgIpc) is 2.75. The number of hydrogen-bond acceptors (Lipinski definition) is 4. The number of anilines is 1. The fraction of sp³-hybridized carbons (Fsp3) is 0.250. The third kappa shape index (κ3) is 2.69. The van der Waals surface area contributed by atoms with Crippen LogP contribution in [0, 0.1) is 0 Å². The summed E-state index contributed by atoms with van der Waals surface area (Å²) >= 11 is 0. The predicted molar refractivity (Wildman–Crippen MR) is 64.9 cm³/mol. The number of carbonyl (C=O) groups is 1. The highest BCUT2D eigenvalue weighted by Crippen LogP contribution is 2.12. The molecule has 2 heterocycles. The van der Waals surface area contributed by atoms with E-state index in [1.807, 2.05) is 37.5 Å². The number of pyridine rings is 1. The number of aromatic nitrogens is 3. The second-order valence-electron chi connectivity index (χ2n) is 3.95. The van der Waals surface area contributed by atoms with Crippen LogP contribution in [0.25, 0.3) is 0 Å². The Balaban J connectivity index is 2.08. The van der Waals surface area contributed by atoms with E-state index in [0.29, 0.717) is 5.56 Å². The maximum absolute atomic E-state index is 10.5. The van der Waals surface area contributed by atoms with Crippen LogP contribution >= 0.6 is 0 Å². The SMILES string of the molecule is CN(Cc1cnn(C)c1)c1ccc(C=O)cn1. The molecule has 2 rings (SSSR count). The molecule has 0 spiro atoms. The minimum atomic E-state index is 0.587. The minimum absolute atomic E-state index is 0.587. The molecule has 2 aromatic rings. The third-order valence-electron chi connectivity index (χ3n) is 2.48. The number of carbonyl (C=O) groups excluding carboxylic acids is 1. The Morgan fingerprint density at radius 3 is 2.76 bits per heavy atom. The van der Waals surface area contributed by atoms with Gasteiger partial charge in [0, 0.05) is 44.2 Å². The quantitative estimate of drug-likeness (QED) is 0.742. The van der Waals surface area contributed by atoms with Gasteiger partial charge in [-0.2, -0.15) is 5.10 Å². The van der Waals surface area contributed by atoms with E-state index >= 15 is 0 Å². The van der Waals surface area contributed by atoms with Crippen molar-refractivity contribution in [2.75, 3.05) is 11.9 Å². The van der Waals surface area contributed by atoms with Crippen molar-refractivity contribution in [2.45, 2.75) is 6.54 Å². The molecule has 0 saturated carbocycles. The zero-order valence-corrected chi connectivity index (χ0v) is 9.87. The van der Waals surface area contributed by atoms with Gasteiger partial charge in [0.15, 0.2) is 6.29 Å². The number of aryl methyl sites for hydroxylation is 1. The van der Waals surface area contributed by atoms with Gasteiger partial charge in [0.05, 0.1) is 6.20 Å². The lowest BCUT2D eigenvalue weighted by atomic mass is 10.3. The molecule has 0 radical (unpaired) electrons. The molecule has 0 saturated heterocycles. The topological polar surface area (TPSA) is 51.0 Å². The summed E-state index contributed by atoms with van der Waals surface area (Å²) in [5.41, 5.74) is 1.71. The monoisotopic (exact) mass is 230 g/mol. The van der Waals surface area contributed by atoms with Gasteiger partial charge in [-0.25, -0.2) is 4.98 Å². The number of rotatable bonds is 4. The number of aldehydes is 1. The van der Waals surface area contributed by atoms with Crippen LogP contribution in [0.4, 0.5) is 5.82 Å². The normalized spacial score (nSPS) is 10.2. The molecule has 0 amide bonds. The Labute approximate surface area is 99.7 Å². The molecule has 0 N–H and O–H groups in total. The van der Waals surface area contributed by atoms with Crippen molar-refractivity contribution >= 4 is 12.1 Å². The molecule has 88 valence electrons. The maximum Gasteiger partial charge on any atom is 0.151 e. The fourth-order valence-corrected chi connectivity index (χ4v) is 1.60. The Kier molecular flexibility index (Phi) is 3.18. The second-order valence-corrected chi connectivity index (χ2v) is 3.95. The lowest BCUT2D eigenvalue weighted by molar-refractivity contribution is 0.112. The first kappa shape index (κ1) is 11.3. The highest BCUT2D eigenvalue weighted by atomic mass is 16.1. The molecular weight excluding hydrogens is 216 g/mol. The van der Waals surface area contributed by atoms with Crippen LogP contribution in [0.1, 0.15) is 15.9 Å². The highest BCUT2D eigenvalue weighted by molar-refractivity contribution is 5.74. The van der Waals surface area contributed by atoms with Gasteiger partial charge < -0.3 is 4.90 Å².